The molecule has 5 rings (SSSR count). The summed E-state index contributed by atoms with van der Waals surface area (Å²) in [4.78, 5) is 36.3. The third-order valence-electron chi connectivity index (χ3n) is 5.76. The summed E-state index contributed by atoms with van der Waals surface area (Å²) >= 11 is 0. The third-order valence-corrected chi connectivity index (χ3v) is 5.76. The second-order valence-corrected chi connectivity index (χ2v) is 7.66. The van der Waals surface area contributed by atoms with Crippen LogP contribution in [0.2, 0.25) is 0 Å². The average Bonchev–Trinajstić information content (AvgIpc) is 2.84. The molecule has 9 nitrogen and oxygen atoms in total. The van der Waals surface area contributed by atoms with Crippen molar-refractivity contribution in [3.63, 3.8) is 0 Å². The quantitative estimate of drug-likeness (QED) is 0.640. The zero-order chi connectivity index (χ0) is 23.5. The van der Waals surface area contributed by atoms with Crippen molar-refractivity contribution in [2.75, 3.05) is 37.7 Å². The number of nitrogens with zero attached hydrogens (tertiary/aromatic N) is 5. The molecule has 0 aliphatic carbocycles. The number of hydrogen-bond donors (Lipinski definition) is 1. The van der Waals surface area contributed by atoms with Gasteiger partial charge < -0.3 is 19.3 Å². The van der Waals surface area contributed by atoms with Gasteiger partial charge in [-0.05, 0) is 6.07 Å². The summed E-state index contributed by atoms with van der Waals surface area (Å²) < 4.78 is 22.7. The van der Waals surface area contributed by atoms with Gasteiger partial charge in [0.2, 0.25) is 5.43 Å². The number of aromatic carboxylic acids is 1. The number of ether oxygens (including phenoxy) is 1. The van der Waals surface area contributed by atoms with Crippen molar-refractivity contribution in [1.82, 2.24) is 19.4 Å². The Balaban J connectivity index is 0.00000126. The largest absolute Gasteiger partial charge is 0.487 e. The molecular formula is C23H26FN5O4. The molecule has 3 aromatic rings. The predicted molar refractivity (Wildman–Crippen MR) is 121 cm³/mol. The number of carboxylic acids is 1. The third kappa shape index (κ3) is 4.25. The van der Waals surface area contributed by atoms with Crippen LogP contribution in [0.15, 0.2) is 35.8 Å². The predicted octanol–water partition coefficient (Wildman–Crippen LogP) is 2.37. The van der Waals surface area contributed by atoms with Crippen LogP contribution in [0.1, 0.15) is 29.8 Å². The molecule has 2 aliphatic heterocycles. The molecule has 4 heterocycles. The lowest BCUT2D eigenvalue weighted by molar-refractivity contribution is 0.0694. The van der Waals surface area contributed by atoms with Gasteiger partial charge in [-0.2, -0.15) is 0 Å². The molecule has 0 amide bonds. The Labute approximate surface area is 190 Å². The molecule has 0 atom stereocenters. The Morgan fingerprint density at radius 2 is 1.85 bits per heavy atom. The Morgan fingerprint density at radius 3 is 2.52 bits per heavy atom. The van der Waals surface area contributed by atoms with Crippen molar-refractivity contribution in [3.05, 3.63) is 58.2 Å². The van der Waals surface area contributed by atoms with E-state index in [0.29, 0.717) is 36.6 Å². The van der Waals surface area contributed by atoms with Crippen molar-refractivity contribution in [1.29, 1.82) is 0 Å². The molecule has 1 saturated heterocycles. The van der Waals surface area contributed by atoms with Crippen molar-refractivity contribution < 1.29 is 19.0 Å². The van der Waals surface area contributed by atoms with Gasteiger partial charge in [-0.1, -0.05) is 13.8 Å². The van der Waals surface area contributed by atoms with Gasteiger partial charge in [0.15, 0.2) is 11.6 Å². The normalized spacial score (nSPS) is 15.5. The second kappa shape index (κ2) is 9.53. The summed E-state index contributed by atoms with van der Waals surface area (Å²) in [6.07, 6.45) is 6.38. The van der Waals surface area contributed by atoms with Crippen molar-refractivity contribution in [2.45, 2.75) is 26.9 Å². The van der Waals surface area contributed by atoms with E-state index < -0.39 is 17.2 Å². The number of rotatable bonds is 4. The average molecular weight is 455 g/mol. The van der Waals surface area contributed by atoms with E-state index in [1.54, 1.807) is 17.0 Å². The molecule has 0 saturated carbocycles. The van der Waals surface area contributed by atoms with Crippen molar-refractivity contribution in [2.24, 2.45) is 0 Å². The first kappa shape index (κ1) is 22.7. The summed E-state index contributed by atoms with van der Waals surface area (Å²) in [6, 6.07) is 1.14. The van der Waals surface area contributed by atoms with Crippen LogP contribution >= 0.6 is 0 Å². The zero-order valence-corrected chi connectivity index (χ0v) is 18.6. The SMILES string of the molecule is CC.O=C(O)c1cn2c3c(c(N4CCN(Cc5cncnc5)CC4)c(F)cc3c1=O)OCC2. The first-order chi connectivity index (χ1) is 16.0. The van der Waals surface area contributed by atoms with Gasteiger partial charge in [-0.3, -0.25) is 9.69 Å². The van der Waals surface area contributed by atoms with E-state index in [2.05, 4.69) is 14.9 Å². The fourth-order valence-corrected chi connectivity index (χ4v) is 4.29. The highest BCUT2D eigenvalue weighted by molar-refractivity contribution is 5.97. The fourth-order valence-electron chi connectivity index (χ4n) is 4.29. The van der Waals surface area contributed by atoms with Gasteiger partial charge in [-0.25, -0.2) is 19.2 Å². The van der Waals surface area contributed by atoms with E-state index in [1.807, 2.05) is 18.7 Å². The maximum absolute atomic E-state index is 15.2. The van der Waals surface area contributed by atoms with Gasteiger partial charge in [0, 0.05) is 56.9 Å². The van der Waals surface area contributed by atoms with Gasteiger partial charge in [-0.15, -0.1) is 0 Å². The number of anilines is 1. The molecule has 0 radical (unpaired) electrons. The summed E-state index contributed by atoms with van der Waals surface area (Å²) in [6.45, 7) is 7.99. The number of piperazine rings is 1. The highest BCUT2D eigenvalue weighted by atomic mass is 19.1. The number of carbonyl (C=O) groups is 1. The van der Waals surface area contributed by atoms with E-state index in [4.69, 9.17) is 4.74 Å². The number of benzene rings is 1. The lowest BCUT2D eigenvalue weighted by Gasteiger charge is -2.37. The van der Waals surface area contributed by atoms with E-state index in [-0.39, 0.29) is 17.6 Å². The Hall–Kier alpha value is -3.53. The first-order valence-electron chi connectivity index (χ1n) is 11.0. The summed E-state index contributed by atoms with van der Waals surface area (Å²) in [7, 11) is 0. The minimum absolute atomic E-state index is 0.0264. The van der Waals surface area contributed by atoms with Gasteiger partial charge in [0.25, 0.3) is 0 Å². The molecule has 1 N–H and O–H groups in total. The van der Waals surface area contributed by atoms with E-state index >= 15 is 4.39 Å². The molecule has 0 bridgehead atoms. The molecule has 0 unspecified atom stereocenters. The van der Waals surface area contributed by atoms with E-state index in [9.17, 15) is 14.7 Å². The molecule has 1 aromatic carbocycles. The summed E-state index contributed by atoms with van der Waals surface area (Å²) in [5.41, 5.74) is 0.717. The maximum Gasteiger partial charge on any atom is 0.341 e. The highest BCUT2D eigenvalue weighted by Crippen LogP contribution is 2.40. The maximum atomic E-state index is 15.2. The lowest BCUT2D eigenvalue weighted by atomic mass is 10.1. The van der Waals surface area contributed by atoms with Gasteiger partial charge in [0.05, 0.1) is 17.4 Å². The van der Waals surface area contributed by atoms with Crippen LogP contribution in [0.4, 0.5) is 10.1 Å². The second-order valence-electron chi connectivity index (χ2n) is 7.66. The minimum atomic E-state index is -1.33. The Morgan fingerprint density at radius 1 is 1.15 bits per heavy atom. The molecule has 33 heavy (non-hydrogen) atoms. The number of carboxylic acid groups (broad SMARTS) is 1. The summed E-state index contributed by atoms with van der Waals surface area (Å²) in [5, 5.41) is 9.36. The topological polar surface area (TPSA) is 101 Å². The van der Waals surface area contributed by atoms with Crippen LogP contribution in [0.25, 0.3) is 10.9 Å². The fraction of sp³-hybridized carbons (Fsp3) is 0.391. The number of pyridine rings is 1. The van der Waals surface area contributed by atoms with Gasteiger partial charge >= 0.3 is 5.97 Å². The Bertz CT molecular complexity index is 1220. The number of halogens is 1. The molecule has 174 valence electrons. The first-order valence-corrected chi connectivity index (χ1v) is 11.0. The van der Waals surface area contributed by atoms with Crippen LogP contribution in [0.5, 0.6) is 5.75 Å². The smallest absolute Gasteiger partial charge is 0.341 e. The molecule has 2 aliphatic rings. The molecule has 0 spiro atoms. The highest BCUT2D eigenvalue weighted by Gasteiger charge is 2.29. The van der Waals surface area contributed by atoms with Crippen LogP contribution in [0.3, 0.4) is 0 Å². The van der Waals surface area contributed by atoms with E-state index in [0.717, 1.165) is 31.3 Å². The van der Waals surface area contributed by atoms with E-state index in [1.165, 1.54) is 12.5 Å². The monoisotopic (exact) mass is 455 g/mol. The minimum Gasteiger partial charge on any atom is -0.487 e. The van der Waals surface area contributed by atoms with Gasteiger partial charge in [0.1, 0.15) is 24.2 Å². The summed E-state index contributed by atoms with van der Waals surface area (Å²) in [5.74, 6) is -1.60. The zero-order valence-electron chi connectivity index (χ0n) is 18.6. The number of aromatic nitrogens is 3. The lowest BCUT2D eigenvalue weighted by Crippen LogP contribution is -2.46. The molecule has 10 heteroatoms. The molecule has 2 aromatic heterocycles. The van der Waals surface area contributed by atoms with Crippen LogP contribution in [-0.4, -0.2) is 63.3 Å². The standard InChI is InChI=1S/C21H20FN5O4.C2H6/c22-16-7-14-17-20(31-6-5-27(17)11-15(19(14)28)21(29)30)18(16)26-3-1-25(2-4-26)10-13-8-23-12-24-9-13;1-2/h7-9,11-12H,1-6,10H2,(H,29,30);1-2H3. The van der Waals surface area contributed by atoms with Crippen molar-refractivity contribution >= 4 is 22.6 Å². The van der Waals surface area contributed by atoms with Crippen LogP contribution < -0.4 is 15.1 Å². The van der Waals surface area contributed by atoms with Crippen LogP contribution in [0, 0.1) is 5.82 Å². The molecule has 1 fully saturated rings. The van der Waals surface area contributed by atoms with Crippen molar-refractivity contribution in [3.8, 4) is 5.75 Å². The molecular weight excluding hydrogens is 429 g/mol. The number of hydrogen-bond acceptors (Lipinski definition) is 7. The van der Waals surface area contributed by atoms with Crippen LogP contribution in [-0.2, 0) is 13.1 Å². The Kier molecular flexibility index (Phi) is 6.55.